The molecule has 124 valence electrons. The minimum absolute atomic E-state index is 0.459. The molecule has 1 aliphatic heterocycles. The first-order valence-corrected chi connectivity index (χ1v) is 8.18. The van der Waals surface area contributed by atoms with E-state index < -0.39 is 0 Å². The molecule has 7 nitrogen and oxygen atoms in total. The second-order valence-electron chi connectivity index (χ2n) is 6.28. The molecule has 0 bridgehead atoms. The first-order chi connectivity index (χ1) is 11.6. The molecule has 0 radical (unpaired) electrons. The molecule has 0 amide bonds. The van der Waals surface area contributed by atoms with E-state index in [0.29, 0.717) is 11.9 Å². The zero-order chi connectivity index (χ0) is 16.7. The van der Waals surface area contributed by atoms with E-state index in [4.69, 9.17) is 10.8 Å². The molecule has 1 aliphatic rings. The molecule has 4 heterocycles. The number of nitrogen functional groups attached to an aromatic ring is 1. The Hall–Kier alpha value is -2.67. The van der Waals surface area contributed by atoms with Crippen LogP contribution in [0.5, 0.6) is 0 Å². The summed E-state index contributed by atoms with van der Waals surface area (Å²) in [4.78, 5) is 11.0. The van der Waals surface area contributed by atoms with E-state index in [1.807, 2.05) is 35.7 Å². The second-order valence-corrected chi connectivity index (χ2v) is 6.28. The molecule has 3 aromatic heterocycles. The fraction of sp³-hybridized carbons (Fsp3) is 0.353. The van der Waals surface area contributed by atoms with E-state index >= 15 is 0 Å². The Morgan fingerprint density at radius 2 is 2.17 bits per heavy atom. The average Bonchev–Trinajstić information content (AvgIpc) is 2.89. The lowest BCUT2D eigenvalue weighted by atomic mass is 10.1. The highest BCUT2D eigenvalue weighted by Crippen LogP contribution is 2.26. The van der Waals surface area contributed by atoms with Crippen LogP contribution in [0.3, 0.4) is 0 Å². The molecule has 1 fully saturated rings. The molecular weight excluding hydrogens is 302 g/mol. The lowest BCUT2D eigenvalue weighted by Crippen LogP contribution is -2.49. The monoisotopic (exact) mass is 323 g/mol. The summed E-state index contributed by atoms with van der Waals surface area (Å²) in [7, 11) is 0. The van der Waals surface area contributed by atoms with Crippen molar-refractivity contribution in [2.45, 2.75) is 19.9 Å². The number of piperazine rings is 1. The van der Waals surface area contributed by atoms with Gasteiger partial charge < -0.3 is 16.0 Å². The van der Waals surface area contributed by atoms with Crippen LogP contribution in [-0.4, -0.2) is 45.3 Å². The van der Waals surface area contributed by atoms with Gasteiger partial charge in [-0.25, -0.2) is 14.5 Å². The smallest absolute Gasteiger partial charge is 0.154 e. The van der Waals surface area contributed by atoms with Crippen molar-refractivity contribution >= 4 is 17.3 Å². The van der Waals surface area contributed by atoms with Crippen LogP contribution in [0.1, 0.15) is 12.6 Å². The predicted octanol–water partition coefficient (Wildman–Crippen LogP) is 1.48. The third-order valence-electron chi connectivity index (χ3n) is 4.38. The molecule has 4 rings (SSSR count). The molecule has 24 heavy (non-hydrogen) atoms. The van der Waals surface area contributed by atoms with Gasteiger partial charge in [0.2, 0.25) is 0 Å². The number of aromatic nitrogens is 4. The molecule has 1 saturated heterocycles. The molecule has 0 aliphatic carbocycles. The van der Waals surface area contributed by atoms with Gasteiger partial charge in [-0.3, -0.25) is 0 Å². The fourth-order valence-corrected chi connectivity index (χ4v) is 3.27. The highest BCUT2D eigenvalue weighted by atomic mass is 15.3. The van der Waals surface area contributed by atoms with Crippen LogP contribution in [0.15, 0.2) is 30.5 Å². The number of pyridine rings is 1. The fourth-order valence-electron chi connectivity index (χ4n) is 3.27. The van der Waals surface area contributed by atoms with Crippen LogP contribution < -0.4 is 16.0 Å². The van der Waals surface area contributed by atoms with E-state index in [9.17, 15) is 0 Å². The number of aryl methyl sites for hydroxylation is 1. The number of hydrogen-bond donors (Lipinski definition) is 2. The molecule has 7 heteroatoms. The topological polar surface area (TPSA) is 84.4 Å². The van der Waals surface area contributed by atoms with Gasteiger partial charge in [0, 0.05) is 37.4 Å². The lowest BCUT2D eigenvalue weighted by molar-refractivity contribution is 0.481. The number of rotatable bonds is 2. The number of fused-ring (bicyclic) bond motifs is 1. The Kier molecular flexibility index (Phi) is 3.57. The van der Waals surface area contributed by atoms with Gasteiger partial charge in [-0.2, -0.15) is 0 Å². The average molecular weight is 323 g/mol. The lowest BCUT2D eigenvalue weighted by Gasteiger charge is -2.32. The summed E-state index contributed by atoms with van der Waals surface area (Å²) in [5.41, 5.74) is 9.55. The van der Waals surface area contributed by atoms with Gasteiger partial charge in [0.1, 0.15) is 11.6 Å². The van der Waals surface area contributed by atoms with Crippen molar-refractivity contribution in [3.63, 3.8) is 0 Å². The molecule has 0 spiro atoms. The zero-order valence-corrected chi connectivity index (χ0v) is 13.9. The van der Waals surface area contributed by atoms with Crippen LogP contribution in [0.2, 0.25) is 0 Å². The largest absolute Gasteiger partial charge is 0.384 e. The normalized spacial score (nSPS) is 18.2. The summed E-state index contributed by atoms with van der Waals surface area (Å²) < 4.78 is 1.91. The van der Waals surface area contributed by atoms with Crippen molar-refractivity contribution in [2.24, 2.45) is 0 Å². The van der Waals surface area contributed by atoms with Crippen LogP contribution in [0, 0.1) is 6.92 Å². The molecule has 0 aromatic carbocycles. The summed E-state index contributed by atoms with van der Waals surface area (Å²) >= 11 is 0. The van der Waals surface area contributed by atoms with Gasteiger partial charge in [0.25, 0.3) is 0 Å². The van der Waals surface area contributed by atoms with Crippen molar-refractivity contribution < 1.29 is 0 Å². The molecule has 1 atom stereocenters. The van der Waals surface area contributed by atoms with Gasteiger partial charge in [-0.05, 0) is 38.1 Å². The van der Waals surface area contributed by atoms with Crippen molar-refractivity contribution in [3.05, 3.63) is 36.2 Å². The number of nitrogens with two attached hydrogens (primary N) is 1. The Bertz CT molecular complexity index is 886. The van der Waals surface area contributed by atoms with Crippen molar-refractivity contribution in [3.8, 4) is 11.3 Å². The maximum Gasteiger partial charge on any atom is 0.154 e. The SMILES string of the molecule is Cc1nc2ccc(N3CCN[C@H](C)C3)nn2c1-c1ccnc(N)c1. The van der Waals surface area contributed by atoms with Crippen LogP contribution in [-0.2, 0) is 0 Å². The summed E-state index contributed by atoms with van der Waals surface area (Å²) in [6.07, 6.45) is 1.71. The minimum atomic E-state index is 0.459. The first-order valence-electron chi connectivity index (χ1n) is 8.18. The molecule has 3 N–H and O–H groups in total. The molecular formula is C17H21N7. The number of nitrogens with zero attached hydrogens (tertiary/aromatic N) is 5. The quantitative estimate of drug-likeness (QED) is 0.743. The maximum atomic E-state index is 5.84. The van der Waals surface area contributed by atoms with Crippen LogP contribution in [0.25, 0.3) is 16.9 Å². The van der Waals surface area contributed by atoms with E-state index in [0.717, 1.165) is 48.1 Å². The summed E-state index contributed by atoms with van der Waals surface area (Å²) in [6.45, 7) is 7.06. The highest BCUT2D eigenvalue weighted by Gasteiger charge is 2.19. The predicted molar refractivity (Wildman–Crippen MR) is 95.0 cm³/mol. The summed E-state index contributed by atoms with van der Waals surface area (Å²) in [5, 5.41) is 8.31. The van der Waals surface area contributed by atoms with Crippen molar-refractivity contribution in [1.82, 2.24) is 24.9 Å². The van der Waals surface area contributed by atoms with Crippen LogP contribution in [0.4, 0.5) is 11.6 Å². The highest BCUT2D eigenvalue weighted by molar-refractivity contribution is 5.68. The minimum Gasteiger partial charge on any atom is -0.384 e. The number of imidazole rings is 1. The first kappa shape index (κ1) is 14.9. The third kappa shape index (κ3) is 2.56. The zero-order valence-electron chi connectivity index (χ0n) is 13.9. The van der Waals surface area contributed by atoms with E-state index in [1.54, 1.807) is 6.20 Å². The van der Waals surface area contributed by atoms with Crippen molar-refractivity contribution in [1.29, 1.82) is 0 Å². The summed E-state index contributed by atoms with van der Waals surface area (Å²) in [6, 6.07) is 8.33. The maximum absolute atomic E-state index is 5.84. The van der Waals surface area contributed by atoms with Gasteiger partial charge in [-0.15, -0.1) is 5.10 Å². The Morgan fingerprint density at radius 3 is 2.96 bits per heavy atom. The Labute approximate surface area is 140 Å². The van der Waals surface area contributed by atoms with Gasteiger partial charge in [0.15, 0.2) is 5.65 Å². The Balaban J connectivity index is 1.82. The van der Waals surface area contributed by atoms with Crippen LogP contribution >= 0.6 is 0 Å². The second kappa shape index (κ2) is 5.76. The molecule has 0 unspecified atom stereocenters. The van der Waals surface area contributed by atoms with E-state index in [1.165, 1.54) is 0 Å². The number of nitrogens with one attached hydrogen (secondary N) is 1. The van der Waals surface area contributed by atoms with Crippen molar-refractivity contribution in [2.75, 3.05) is 30.3 Å². The standard InChI is InChI=1S/C17H21N7/c1-11-10-23(8-7-19-11)16-4-3-15-21-12(2)17(24(15)22-16)13-5-6-20-14(18)9-13/h3-6,9,11,19H,7-8,10H2,1-2H3,(H2,18,20)/t11-/m1/s1. The number of hydrogen-bond acceptors (Lipinski definition) is 6. The molecule has 0 saturated carbocycles. The van der Waals surface area contributed by atoms with Gasteiger partial charge in [0.05, 0.1) is 11.4 Å². The van der Waals surface area contributed by atoms with E-state index in [-0.39, 0.29) is 0 Å². The van der Waals surface area contributed by atoms with Gasteiger partial charge in [-0.1, -0.05) is 0 Å². The van der Waals surface area contributed by atoms with Gasteiger partial charge >= 0.3 is 0 Å². The molecule has 3 aromatic rings. The number of anilines is 2. The van der Waals surface area contributed by atoms with E-state index in [2.05, 4.69) is 27.1 Å². The third-order valence-corrected chi connectivity index (χ3v) is 4.38. The summed E-state index contributed by atoms with van der Waals surface area (Å²) in [5.74, 6) is 1.46. The Morgan fingerprint density at radius 1 is 1.29 bits per heavy atom.